The van der Waals surface area contributed by atoms with Crippen molar-refractivity contribution in [3.63, 3.8) is 0 Å². The van der Waals surface area contributed by atoms with Gasteiger partial charge in [-0.15, -0.1) is 0 Å². The summed E-state index contributed by atoms with van der Waals surface area (Å²) in [5.74, 6) is 0.159. The number of nitrogens with zero attached hydrogens (tertiary/aromatic N) is 7. The second kappa shape index (κ2) is 14.4. The van der Waals surface area contributed by atoms with E-state index in [4.69, 9.17) is 44.8 Å². The zero-order valence-electron chi connectivity index (χ0n) is 26.3. The fourth-order valence-corrected chi connectivity index (χ4v) is 9.10. The molecule has 11 N–H and O–H groups in total. The van der Waals surface area contributed by atoms with Crippen LogP contribution in [0.4, 0.5) is 11.5 Å². The number of nitrogens with one attached hydrogen (secondary N) is 2. The molecule has 9 atom stereocenters. The first-order valence-electron chi connectivity index (χ1n) is 15.7. The number of pyridine rings is 1. The number of rotatable bonds is 8. The SMILES string of the molecule is CCCNP1OCC2OC(n3cnc4c(N)ncnc43)C(O)C2O[PH](O)(NCCN)OCC2OC(n3cnc4c(N)ccnc43)C(O)C2O1. The Kier molecular flexibility index (Phi) is 10.2. The molecular formula is C26H40N12O9P2. The molecule has 0 aromatic carbocycles. The van der Waals surface area contributed by atoms with Crippen molar-refractivity contribution in [1.82, 2.24) is 44.2 Å². The first-order valence-corrected chi connectivity index (χ1v) is 18.6. The van der Waals surface area contributed by atoms with Crippen molar-refractivity contribution in [2.24, 2.45) is 5.73 Å². The number of imidazole rings is 2. The number of anilines is 2. The van der Waals surface area contributed by atoms with E-state index >= 15 is 0 Å². The van der Waals surface area contributed by atoms with Crippen LogP contribution in [-0.4, -0.2) is 119 Å². The maximum atomic E-state index is 11.8. The standard InChI is InChI=1S/C26H40N12O9P2/c1-2-5-35-48-42-8-14-21(19(40)26(44-14)38-12-34-17-22(29)31-10-32-24(17)38)47-49(41,36-7-4-27)43-9-15-20(46-48)18(39)25(45-15)37-11-33-16-13(28)3-6-30-23(16)37/h3,6,10-12,14-15,18-21,25-26,35-36,39-41,49H,2,4-5,7-9,27H2,1H3,(H2,28,30)(H2,29,31,32). The Hall–Kier alpha value is -2.85. The van der Waals surface area contributed by atoms with Gasteiger partial charge in [0, 0.05) is 0 Å². The number of aliphatic hydroxyl groups excluding tert-OH is 2. The molecule has 268 valence electrons. The molecule has 0 aliphatic carbocycles. The van der Waals surface area contributed by atoms with Crippen LogP contribution in [0.25, 0.3) is 22.3 Å². The predicted octanol–water partition coefficient (Wildman–Crippen LogP) is -1.05. The summed E-state index contributed by atoms with van der Waals surface area (Å²) in [6, 6.07) is 1.62. The van der Waals surface area contributed by atoms with Crippen LogP contribution in [0.3, 0.4) is 0 Å². The van der Waals surface area contributed by atoms with Crippen molar-refractivity contribution < 1.29 is 42.7 Å². The van der Waals surface area contributed by atoms with Crippen molar-refractivity contribution in [2.75, 3.05) is 44.3 Å². The first kappa shape index (κ1) is 34.6. The van der Waals surface area contributed by atoms with Gasteiger partial charge in [0.1, 0.15) is 0 Å². The molecule has 0 spiro atoms. The summed E-state index contributed by atoms with van der Waals surface area (Å²) >= 11 is 0. The van der Waals surface area contributed by atoms with E-state index in [9.17, 15) is 15.1 Å². The average Bonchev–Trinajstić information content (AvgIpc) is 3.86. The summed E-state index contributed by atoms with van der Waals surface area (Å²) in [6.45, 7) is 2.34. The third-order valence-electron chi connectivity index (χ3n) is 8.34. The minimum absolute atomic E-state index is 0.121. The summed E-state index contributed by atoms with van der Waals surface area (Å²) in [5.41, 5.74) is 19.7. The normalized spacial score (nSPS) is 32.8. The van der Waals surface area contributed by atoms with Crippen molar-refractivity contribution in [2.45, 2.75) is 62.4 Å². The van der Waals surface area contributed by atoms with E-state index in [0.717, 1.165) is 6.42 Å². The van der Waals surface area contributed by atoms with Gasteiger partial charge in [-0.1, -0.05) is 0 Å². The van der Waals surface area contributed by atoms with Crippen LogP contribution in [0, 0.1) is 0 Å². The van der Waals surface area contributed by atoms with Gasteiger partial charge in [0.15, 0.2) is 0 Å². The van der Waals surface area contributed by atoms with Crippen LogP contribution in [0.1, 0.15) is 25.8 Å². The van der Waals surface area contributed by atoms with Gasteiger partial charge in [-0.25, -0.2) is 0 Å². The quantitative estimate of drug-likeness (QED) is 0.100. The van der Waals surface area contributed by atoms with Gasteiger partial charge >= 0.3 is 281 Å². The second-order valence-corrected chi connectivity index (χ2v) is 15.0. The monoisotopic (exact) mass is 726 g/mol. The van der Waals surface area contributed by atoms with Crippen molar-refractivity contribution in [1.29, 1.82) is 0 Å². The molecule has 3 aliphatic rings. The first-order chi connectivity index (χ1) is 23.7. The van der Waals surface area contributed by atoms with Crippen LogP contribution in [0.15, 0.2) is 31.2 Å². The summed E-state index contributed by atoms with van der Waals surface area (Å²) in [5, 5.41) is 29.4. The molecule has 0 saturated carbocycles. The van der Waals surface area contributed by atoms with Crippen molar-refractivity contribution >= 4 is 50.5 Å². The fourth-order valence-electron chi connectivity index (χ4n) is 5.94. The van der Waals surface area contributed by atoms with Gasteiger partial charge in [-0.05, 0) is 0 Å². The molecule has 0 amide bonds. The second-order valence-electron chi connectivity index (χ2n) is 11.6. The van der Waals surface area contributed by atoms with Gasteiger partial charge in [0.05, 0.1) is 0 Å². The van der Waals surface area contributed by atoms with Crippen LogP contribution < -0.4 is 27.4 Å². The summed E-state index contributed by atoms with van der Waals surface area (Å²) in [6.07, 6.45) is -2.28. The van der Waals surface area contributed by atoms with Crippen LogP contribution in [0.2, 0.25) is 0 Å². The topological polar surface area (TPSA) is 293 Å². The van der Waals surface area contributed by atoms with E-state index in [1.807, 2.05) is 6.92 Å². The Bertz CT molecular complexity index is 1760. The molecule has 3 aliphatic heterocycles. The number of fused-ring (bicyclic) bond motifs is 4. The summed E-state index contributed by atoms with van der Waals surface area (Å²) in [7, 11) is -6.24. The van der Waals surface area contributed by atoms with E-state index < -0.39 is 65.7 Å². The van der Waals surface area contributed by atoms with Gasteiger partial charge in [0.2, 0.25) is 0 Å². The van der Waals surface area contributed by atoms with E-state index in [0.29, 0.717) is 34.6 Å². The molecule has 9 unspecified atom stereocenters. The Labute approximate surface area is 281 Å². The zero-order chi connectivity index (χ0) is 34.3. The van der Waals surface area contributed by atoms with Gasteiger partial charge in [0.25, 0.3) is 0 Å². The maximum absolute atomic E-state index is 11.8. The number of ether oxygens (including phenoxy) is 2. The molecule has 4 aromatic rings. The molecule has 4 aromatic heterocycles. The molecule has 49 heavy (non-hydrogen) atoms. The van der Waals surface area contributed by atoms with Crippen LogP contribution >= 0.6 is 16.6 Å². The molecule has 7 heterocycles. The molecule has 23 heteroatoms. The molecule has 21 nitrogen and oxygen atoms in total. The molecule has 7 rings (SSSR count). The van der Waals surface area contributed by atoms with Gasteiger partial charge < -0.3 is 0 Å². The third-order valence-corrected chi connectivity index (χ3v) is 11.5. The van der Waals surface area contributed by atoms with E-state index in [1.165, 1.54) is 29.7 Å². The number of aromatic nitrogens is 7. The molecule has 3 fully saturated rings. The Morgan fingerprint density at radius 3 is 2.37 bits per heavy atom. The fraction of sp³-hybridized carbons (Fsp3) is 0.577. The van der Waals surface area contributed by atoms with Crippen molar-refractivity contribution in [3.05, 3.63) is 31.2 Å². The van der Waals surface area contributed by atoms with Crippen LogP contribution in [0.5, 0.6) is 0 Å². The number of hydrogen-bond donors (Lipinski definition) is 8. The number of nitrogen functional groups attached to an aromatic ring is 2. The molecule has 0 bridgehead atoms. The zero-order valence-corrected chi connectivity index (χ0v) is 28.2. The van der Waals surface area contributed by atoms with E-state index in [-0.39, 0.29) is 32.1 Å². The Morgan fingerprint density at radius 1 is 0.939 bits per heavy atom. The van der Waals surface area contributed by atoms with Gasteiger partial charge in [-0.3, -0.25) is 0 Å². The third kappa shape index (κ3) is 6.68. The Balaban J connectivity index is 1.20. The number of nitrogens with two attached hydrogens (primary N) is 3. The van der Waals surface area contributed by atoms with Crippen LogP contribution in [-0.2, 0) is 27.6 Å². The number of aliphatic hydroxyl groups is 2. The molecule has 3 saturated heterocycles. The van der Waals surface area contributed by atoms with E-state index in [1.54, 1.807) is 10.6 Å². The summed E-state index contributed by atoms with van der Waals surface area (Å²) < 4.78 is 40.6. The average molecular weight is 727 g/mol. The minimum atomic E-state index is -4.37. The van der Waals surface area contributed by atoms with E-state index in [2.05, 4.69) is 35.1 Å². The summed E-state index contributed by atoms with van der Waals surface area (Å²) in [4.78, 5) is 33.1. The Morgan fingerprint density at radius 2 is 1.63 bits per heavy atom. The molecular weight excluding hydrogens is 686 g/mol. The van der Waals surface area contributed by atoms with Crippen molar-refractivity contribution in [3.8, 4) is 0 Å². The number of hydrogen-bond acceptors (Lipinski definition) is 19. The van der Waals surface area contributed by atoms with Gasteiger partial charge in [-0.2, -0.15) is 0 Å². The molecule has 0 radical (unpaired) electrons. The predicted molar refractivity (Wildman–Crippen MR) is 176 cm³/mol.